The van der Waals surface area contributed by atoms with Crippen molar-refractivity contribution >= 4 is 0 Å². The van der Waals surface area contributed by atoms with E-state index in [0.717, 1.165) is 25.6 Å². The van der Waals surface area contributed by atoms with Crippen LogP contribution in [0.3, 0.4) is 0 Å². The second-order valence-corrected chi connectivity index (χ2v) is 4.88. The molecule has 1 N–H and O–H groups in total. The van der Waals surface area contributed by atoms with Gasteiger partial charge in [-0.05, 0) is 25.8 Å². The van der Waals surface area contributed by atoms with E-state index in [4.69, 9.17) is 4.74 Å². The molecule has 1 saturated heterocycles. The molecule has 3 unspecified atom stereocenters. The zero-order valence-corrected chi connectivity index (χ0v) is 11.3. The smallest absolute Gasteiger partial charge is 0.0589 e. The van der Waals surface area contributed by atoms with Crippen LogP contribution >= 0.6 is 0 Å². The molecular weight excluding hydrogens is 200 g/mol. The van der Waals surface area contributed by atoms with Gasteiger partial charge >= 0.3 is 0 Å². The van der Waals surface area contributed by atoms with Gasteiger partial charge in [-0.25, -0.2) is 0 Å². The minimum absolute atomic E-state index is 0.661. The standard InChI is InChI=1S/C13H28N2O/c1-5-11(3)15(7-8-16-4)13-10-14-9-12(13)6-2/h11-14H,5-10H2,1-4H3. The molecule has 0 radical (unpaired) electrons. The summed E-state index contributed by atoms with van der Waals surface area (Å²) >= 11 is 0. The number of nitrogens with zero attached hydrogens (tertiary/aromatic N) is 1. The summed E-state index contributed by atoms with van der Waals surface area (Å²) in [5.74, 6) is 0.811. The van der Waals surface area contributed by atoms with Crippen LogP contribution in [0.15, 0.2) is 0 Å². The maximum absolute atomic E-state index is 5.23. The molecule has 0 bridgehead atoms. The number of hydrogen-bond donors (Lipinski definition) is 1. The first-order valence-corrected chi connectivity index (χ1v) is 6.69. The number of ether oxygens (including phenoxy) is 1. The Bertz CT molecular complexity index is 187. The third-order valence-electron chi connectivity index (χ3n) is 3.97. The highest BCUT2D eigenvalue weighted by Crippen LogP contribution is 2.21. The van der Waals surface area contributed by atoms with Crippen molar-refractivity contribution in [1.29, 1.82) is 0 Å². The first-order valence-electron chi connectivity index (χ1n) is 6.69. The van der Waals surface area contributed by atoms with Gasteiger partial charge in [0.25, 0.3) is 0 Å². The molecule has 1 rings (SSSR count). The van der Waals surface area contributed by atoms with Crippen molar-refractivity contribution in [1.82, 2.24) is 10.2 Å². The molecule has 0 saturated carbocycles. The molecule has 0 aromatic carbocycles. The number of methoxy groups -OCH3 is 1. The molecule has 16 heavy (non-hydrogen) atoms. The quantitative estimate of drug-likeness (QED) is 0.718. The van der Waals surface area contributed by atoms with E-state index in [9.17, 15) is 0 Å². The van der Waals surface area contributed by atoms with Gasteiger partial charge in [0, 0.05) is 32.3 Å². The highest BCUT2D eigenvalue weighted by molar-refractivity contribution is 4.89. The number of hydrogen-bond acceptors (Lipinski definition) is 3. The second kappa shape index (κ2) is 7.25. The summed E-state index contributed by atoms with van der Waals surface area (Å²) < 4.78 is 5.23. The van der Waals surface area contributed by atoms with E-state index in [1.807, 2.05) is 0 Å². The van der Waals surface area contributed by atoms with Crippen LogP contribution in [0.4, 0.5) is 0 Å². The highest BCUT2D eigenvalue weighted by atomic mass is 16.5. The van der Waals surface area contributed by atoms with Crippen molar-refractivity contribution in [2.45, 2.75) is 45.7 Å². The summed E-state index contributed by atoms with van der Waals surface area (Å²) in [5.41, 5.74) is 0. The van der Waals surface area contributed by atoms with Gasteiger partial charge in [-0.15, -0.1) is 0 Å². The lowest BCUT2D eigenvalue weighted by molar-refractivity contribution is 0.0770. The summed E-state index contributed by atoms with van der Waals surface area (Å²) in [6.07, 6.45) is 2.49. The monoisotopic (exact) mass is 228 g/mol. The molecule has 1 heterocycles. The molecule has 3 heteroatoms. The molecule has 0 aromatic heterocycles. The minimum atomic E-state index is 0.661. The summed E-state index contributed by atoms with van der Waals surface area (Å²) in [6, 6.07) is 1.36. The summed E-state index contributed by atoms with van der Waals surface area (Å²) in [5, 5.41) is 3.53. The fourth-order valence-corrected chi connectivity index (χ4v) is 2.67. The van der Waals surface area contributed by atoms with E-state index < -0.39 is 0 Å². The molecular formula is C13H28N2O. The van der Waals surface area contributed by atoms with E-state index >= 15 is 0 Å². The van der Waals surface area contributed by atoms with Gasteiger partial charge in [0.2, 0.25) is 0 Å². The van der Waals surface area contributed by atoms with Crippen LogP contribution in [0.2, 0.25) is 0 Å². The van der Waals surface area contributed by atoms with Crippen molar-refractivity contribution in [2.24, 2.45) is 5.92 Å². The topological polar surface area (TPSA) is 24.5 Å². The Morgan fingerprint density at radius 3 is 2.69 bits per heavy atom. The van der Waals surface area contributed by atoms with Crippen molar-refractivity contribution in [3.05, 3.63) is 0 Å². The van der Waals surface area contributed by atoms with Crippen molar-refractivity contribution in [3.63, 3.8) is 0 Å². The van der Waals surface area contributed by atoms with Gasteiger partial charge in [0.15, 0.2) is 0 Å². The van der Waals surface area contributed by atoms with Crippen molar-refractivity contribution in [2.75, 3.05) is 33.4 Å². The molecule has 1 fully saturated rings. The molecule has 1 aliphatic heterocycles. The van der Waals surface area contributed by atoms with Crippen LogP contribution in [0, 0.1) is 5.92 Å². The van der Waals surface area contributed by atoms with Gasteiger partial charge in [0.1, 0.15) is 0 Å². The van der Waals surface area contributed by atoms with Crippen molar-refractivity contribution < 1.29 is 4.74 Å². The van der Waals surface area contributed by atoms with Crippen molar-refractivity contribution in [3.8, 4) is 0 Å². The van der Waals surface area contributed by atoms with Crippen LogP contribution in [0.1, 0.15) is 33.6 Å². The normalized spacial score (nSPS) is 27.6. The van der Waals surface area contributed by atoms with Gasteiger partial charge in [-0.3, -0.25) is 4.90 Å². The van der Waals surface area contributed by atoms with Crippen LogP contribution in [0.25, 0.3) is 0 Å². The van der Waals surface area contributed by atoms with Crippen LogP contribution in [-0.4, -0.2) is 50.3 Å². The molecule has 3 atom stereocenters. The van der Waals surface area contributed by atoms with E-state index in [-0.39, 0.29) is 0 Å². The van der Waals surface area contributed by atoms with E-state index in [1.165, 1.54) is 19.4 Å². The zero-order chi connectivity index (χ0) is 12.0. The lowest BCUT2D eigenvalue weighted by atomic mass is 9.97. The first kappa shape index (κ1) is 13.9. The number of nitrogens with one attached hydrogen (secondary N) is 1. The molecule has 0 spiro atoms. The summed E-state index contributed by atoms with van der Waals surface area (Å²) in [4.78, 5) is 2.64. The highest BCUT2D eigenvalue weighted by Gasteiger charge is 2.32. The van der Waals surface area contributed by atoms with Crippen LogP contribution in [-0.2, 0) is 4.74 Å². The molecule has 96 valence electrons. The Morgan fingerprint density at radius 2 is 2.12 bits per heavy atom. The van der Waals surface area contributed by atoms with Crippen LogP contribution in [0.5, 0.6) is 0 Å². The fourth-order valence-electron chi connectivity index (χ4n) is 2.67. The largest absolute Gasteiger partial charge is 0.383 e. The fraction of sp³-hybridized carbons (Fsp3) is 1.00. The summed E-state index contributed by atoms with van der Waals surface area (Å²) in [6.45, 7) is 11.1. The zero-order valence-electron chi connectivity index (χ0n) is 11.3. The first-order chi connectivity index (χ1) is 7.74. The van der Waals surface area contributed by atoms with E-state index in [2.05, 4.69) is 31.0 Å². The third-order valence-corrected chi connectivity index (χ3v) is 3.97. The Morgan fingerprint density at radius 1 is 1.38 bits per heavy atom. The van der Waals surface area contributed by atoms with Gasteiger partial charge in [-0.1, -0.05) is 20.3 Å². The lowest BCUT2D eigenvalue weighted by Gasteiger charge is -2.36. The SMILES string of the molecule is CCC1CNCC1N(CCOC)C(C)CC. The predicted octanol–water partition coefficient (Wildman–Crippen LogP) is 1.73. The van der Waals surface area contributed by atoms with Gasteiger partial charge < -0.3 is 10.1 Å². The Hall–Kier alpha value is -0.120. The Labute approximate surface area is 101 Å². The number of rotatable bonds is 7. The Balaban J connectivity index is 2.59. The molecule has 0 aliphatic carbocycles. The molecule has 0 aromatic rings. The third kappa shape index (κ3) is 3.44. The molecule has 1 aliphatic rings. The minimum Gasteiger partial charge on any atom is -0.383 e. The second-order valence-electron chi connectivity index (χ2n) is 4.88. The molecule has 3 nitrogen and oxygen atoms in total. The predicted molar refractivity (Wildman–Crippen MR) is 68.8 cm³/mol. The van der Waals surface area contributed by atoms with E-state index in [0.29, 0.717) is 12.1 Å². The van der Waals surface area contributed by atoms with Gasteiger partial charge in [0.05, 0.1) is 6.61 Å². The van der Waals surface area contributed by atoms with Gasteiger partial charge in [-0.2, -0.15) is 0 Å². The maximum atomic E-state index is 5.23. The maximum Gasteiger partial charge on any atom is 0.0589 e. The average molecular weight is 228 g/mol. The lowest BCUT2D eigenvalue weighted by Crippen LogP contribution is -2.47. The molecule has 0 amide bonds. The average Bonchev–Trinajstić information content (AvgIpc) is 2.77. The summed E-state index contributed by atoms with van der Waals surface area (Å²) in [7, 11) is 1.79. The van der Waals surface area contributed by atoms with E-state index in [1.54, 1.807) is 7.11 Å². The van der Waals surface area contributed by atoms with Crippen LogP contribution < -0.4 is 5.32 Å². The Kier molecular flexibility index (Phi) is 6.32.